The summed E-state index contributed by atoms with van der Waals surface area (Å²) in [5, 5.41) is 0.992. The number of allylic oxidation sites excluding steroid dienone is 1. The van der Waals surface area contributed by atoms with Crippen LogP contribution in [0.5, 0.6) is 5.75 Å². The number of hydrogen-bond acceptors (Lipinski definition) is 6. The number of esters is 2. The maximum absolute atomic E-state index is 13.5. The Morgan fingerprint density at radius 1 is 1.06 bits per heavy atom. The Bertz CT molecular complexity index is 1350. The van der Waals surface area contributed by atoms with Gasteiger partial charge in [0.25, 0.3) is 0 Å². The van der Waals surface area contributed by atoms with Crippen LogP contribution in [0.25, 0.3) is 10.9 Å². The van der Waals surface area contributed by atoms with Gasteiger partial charge in [0.05, 0.1) is 20.3 Å². The Balaban J connectivity index is 1.56. The van der Waals surface area contributed by atoms with Crippen molar-refractivity contribution in [1.29, 1.82) is 0 Å². The number of fused-ring (bicyclic) bond motifs is 5. The minimum Gasteiger partial charge on any atom is -0.496 e. The number of rotatable bonds is 5. The molecule has 0 bridgehead atoms. The number of ether oxygens (including phenoxy) is 3. The monoisotopic (exact) mass is 486 g/mol. The van der Waals surface area contributed by atoms with Crippen molar-refractivity contribution >= 4 is 22.8 Å². The number of benzene rings is 2. The van der Waals surface area contributed by atoms with E-state index in [4.69, 9.17) is 14.2 Å². The van der Waals surface area contributed by atoms with Crippen molar-refractivity contribution < 1.29 is 23.8 Å². The lowest BCUT2D eigenvalue weighted by Crippen LogP contribution is -2.51. The highest BCUT2D eigenvalue weighted by molar-refractivity contribution is 5.92. The Morgan fingerprint density at radius 2 is 1.86 bits per heavy atom. The zero-order valence-electron chi connectivity index (χ0n) is 20.7. The SMILES string of the molecule is C/C=C1/CN2[C@@H](C(=O)OCc3ccccc3)Cc3c([nH]c4cccc(OC)c34)[C@@H]2C/C1=C/C(=O)OC. The molecule has 0 aliphatic carbocycles. The fourth-order valence-electron chi connectivity index (χ4n) is 5.41. The largest absolute Gasteiger partial charge is 0.496 e. The molecule has 0 unspecified atom stereocenters. The van der Waals surface area contributed by atoms with Crippen LogP contribution in [0, 0.1) is 0 Å². The minimum absolute atomic E-state index is 0.125. The summed E-state index contributed by atoms with van der Waals surface area (Å²) >= 11 is 0. The molecule has 7 heteroatoms. The summed E-state index contributed by atoms with van der Waals surface area (Å²) in [6.07, 6.45) is 4.64. The van der Waals surface area contributed by atoms with Crippen LogP contribution in [0.15, 0.2) is 71.8 Å². The first-order chi connectivity index (χ1) is 17.5. The summed E-state index contributed by atoms with van der Waals surface area (Å²) in [4.78, 5) is 31.4. The molecule has 3 aromatic rings. The minimum atomic E-state index is -0.468. The Hall–Kier alpha value is -3.84. The van der Waals surface area contributed by atoms with Gasteiger partial charge in [0.2, 0.25) is 0 Å². The summed E-state index contributed by atoms with van der Waals surface area (Å²) in [6, 6.07) is 15.0. The van der Waals surface area contributed by atoms with Crippen LogP contribution in [0.2, 0.25) is 0 Å². The maximum Gasteiger partial charge on any atom is 0.330 e. The van der Waals surface area contributed by atoms with Gasteiger partial charge >= 0.3 is 11.9 Å². The molecule has 0 radical (unpaired) electrons. The second-order valence-corrected chi connectivity index (χ2v) is 9.11. The van der Waals surface area contributed by atoms with Gasteiger partial charge in [0, 0.05) is 35.6 Å². The average Bonchev–Trinajstić information content (AvgIpc) is 3.30. The van der Waals surface area contributed by atoms with E-state index < -0.39 is 6.04 Å². The molecule has 0 saturated carbocycles. The number of nitrogens with zero attached hydrogens (tertiary/aromatic N) is 1. The van der Waals surface area contributed by atoms with Crippen LogP contribution in [0.3, 0.4) is 0 Å². The van der Waals surface area contributed by atoms with Crippen molar-refractivity contribution in [3.63, 3.8) is 0 Å². The lowest BCUT2D eigenvalue weighted by atomic mass is 9.82. The van der Waals surface area contributed by atoms with Gasteiger partial charge in [0.1, 0.15) is 18.4 Å². The van der Waals surface area contributed by atoms with Gasteiger partial charge in [-0.05, 0) is 47.8 Å². The van der Waals surface area contributed by atoms with Gasteiger partial charge in [0.15, 0.2) is 0 Å². The highest BCUT2D eigenvalue weighted by atomic mass is 16.5. The van der Waals surface area contributed by atoms with Gasteiger partial charge in [-0.1, -0.05) is 42.5 Å². The van der Waals surface area contributed by atoms with E-state index in [1.165, 1.54) is 7.11 Å². The Labute approximate surface area is 210 Å². The lowest BCUT2D eigenvalue weighted by Gasteiger charge is -2.45. The molecule has 1 fully saturated rings. The second-order valence-electron chi connectivity index (χ2n) is 9.11. The molecule has 1 saturated heterocycles. The van der Waals surface area contributed by atoms with Crippen LogP contribution < -0.4 is 4.74 Å². The van der Waals surface area contributed by atoms with E-state index >= 15 is 0 Å². The highest BCUT2D eigenvalue weighted by Crippen LogP contribution is 2.46. The lowest BCUT2D eigenvalue weighted by molar-refractivity contribution is -0.153. The molecule has 0 amide bonds. The third-order valence-electron chi connectivity index (χ3n) is 7.19. The smallest absolute Gasteiger partial charge is 0.330 e. The molecule has 36 heavy (non-hydrogen) atoms. The first kappa shape index (κ1) is 23.9. The quantitative estimate of drug-likeness (QED) is 0.418. The van der Waals surface area contributed by atoms with Crippen molar-refractivity contribution in [2.45, 2.75) is 38.5 Å². The van der Waals surface area contributed by atoms with Crippen molar-refractivity contribution in [3.05, 3.63) is 88.7 Å². The fourth-order valence-corrected chi connectivity index (χ4v) is 5.41. The molecule has 186 valence electrons. The normalized spacial score (nSPS) is 21.8. The highest BCUT2D eigenvalue weighted by Gasteiger charge is 2.44. The number of methoxy groups -OCH3 is 2. The third-order valence-corrected chi connectivity index (χ3v) is 7.19. The molecule has 2 aromatic carbocycles. The van der Waals surface area contributed by atoms with E-state index in [1.54, 1.807) is 13.2 Å². The summed E-state index contributed by atoms with van der Waals surface area (Å²) in [5.74, 6) is 0.130. The number of aromatic nitrogens is 1. The third kappa shape index (κ3) is 4.31. The molecule has 2 aliphatic heterocycles. The molecule has 1 N–H and O–H groups in total. The average molecular weight is 487 g/mol. The molecule has 2 aliphatic rings. The number of nitrogens with one attached hydrogen (secondary N) is 1. The van der Waals surface area contributed by atoms with Crippen LogP contribution >= 0.6 is 0 Å². The zero-order valence-corrected chi connectivity index (χ0v) is 20.7. The summed E-state index contributed by atoms with van der Waals surface area (Å²) in [7, 11) is 3.04. The fraction of sp³-hybridized carbons (Fsp3) is 0.310. The van der Waals surface area contributed by atoms with Gasteiger partial charge in [-0.2, -0.15) is 0 Å². The molecule has 3 heterocycles. The van der Waals surface area contributed by atoms with E-state index in [1.807, 2.05) is 61.5 Å². The predicted molar refractivity (Wildman–Crippen MR) is 137 cm³/mol. The summed E-state index contributed by atoms with van der Waals surface area (Å²) in [6.45, 7) is 2.70. The van der Waals surface area contributed by atoms with Crippen LogP contribution in [0.1, 0.15) is 36.2 Å². The Kier molecular flexibility index (Phi) is 6.65. The second kappa shape index (κ2) is 10.0. The first-order valence-corrected chi connectivity index (χ1v) is 12.1. The Morgan fingerprint density at radius 3 is 2.58 bits per heavy atom. The molecule has 5 rings (SSSR count). The van der Waals surface area contributed by atoms with Gasteiger partial charge in [-0.25, -0.2) is 4.79 Å². The molecular weight excluding hydrogens is 456 g/mol. The molecule has 7 nitrogen and oxygen atoms in total. The van der Waals surface area contributed by atoms with E-state index in [2.05, 4.69) is 9.88 Å². The number of H-pyrrole nitrogens is 1. The number of carbonyl (C=O) groups is 2. The van der Waals surface area contributed by atoms with Crippen molar-refractivity contribution in [1.82, 2.24) is 9.88 Å². The van der Waals surface area contributed by atoms with Crippen LogP contribution in [0.4, 0.5) is 0 Å². The standard InChI is InChI=1S/C29H30N2O5/c1-4-19-16-31-23(13-20(19)14-26(32)35-3)28-21(27-22(30-28)11-8-12-25(27)34-2)15-24(31)29(33)36-17-18-9-6-5-7-10-18/h4-12,14,23-24,30H,13,15-17H2,1-3H3/b19-4-,20-14-/t23-,24+/m0/s1. The molecule has 1 aromatic heterocycles. The number of piperidine rings is 1. The van der Waals surface area contributed by atoms with Gasteiger partial charge in [-0.3, -0.25) is 9.69 Å². The summed E-state index contributed by atoms with van der Waals surface area (Å²) < 4.78 is 16.4. The first-order valence-electron chi connectivity index (χ1n) is 12.1. The van der Waals surface area contributed by atoms with E-state index in [0.717, 1.165) is 44.6 Å². The van der Waals surface area contributed by atoms with Crippen LogP contribution in [-0.4, -0.2) is 48.6 Å². The molecule has 2 atom stereocenters. The maximum atomic E-state index is 13.5. The van der Waals surface area contributed by atoms with Crippen molar-refractivity contribution in [2.75, 3.05) is 20.8 Å². The van der Waals surface area contributed by atoms with E-state index in [-0.39, 0.29) is 24.6 Å². The molecule has 0 spiro atoms. The van der Waals surface area contributed by atoms with Crippen molar-refractivity contribution in [3.8, 4) is 5.75 Å². The number of carbonyl (C=O) groups excluding carboxylic acids is 2. The van der Waals surface area contributed by atoms with Gasteiger partial charge < -0.3 is 19.2 Å². The zero-order chi connectivity index (χ0) is 25.2. The number of aromatic amines is 1. The van der Waals surface area contributed by atoms with E-state index in [9.17, 15) is 9.59 Å². The van der Waals surface area contributed by atoms with Crippen molar-refractivity contribution in [2.24, 2.45) is 0 Å². The van der Waals surface area contributed by atoms with E-state index in [0.29, 0.717) is 19.4 Å². The predicted octanol–water partition coefficient (Wildman–Crippen LogP) is 4.64. The topological polar surface area (TPSA) is 80.9 Å². The van der Waals surface area contributed by atoms with Crippen LogP contribution in [-0.2, 0) is 32.1 Å². The number of hydrogen-bond donors (Lipinski definition) is 1. The van der Waals surface area contributed by atoms with Gasteiger partial charge in [-0.15, -0.1) is 0 Å². The summed E-state index contributed by atoms with van der Waals surface area (Å²) in [5.41, 5.74) is 5.95. The molecular formula is C29H30N2O5.